The second-order valence-corrected chi connectivity index (χ2v) is 6.28. The minimum Gasteiger partial charge on any atom is -0.493 e. The average Bonchev–Trinajstić information content (AvgIpc) is 3.12. The largest absolute Gasteiger partial charge is 0.493 e. The van der Waals surface area contributed by atoms with Crippen LogP contribution in [0.15, 0.2) is 36.5 Å². The van der Waals surface area contributed by atoms with E-state index in [9.17, 15) is 4.39 Å². The maximum atomic E-state index is 13.4. The van der Waals surface area contributed by atoms with Gasteiger partial charge in [-0.25, -0.2) is 9.37 Å². The van der Waals surface area contributed by atoms with Crippen LogP contribution in [-0.2, 0) is 6.42 Å². The standard InChI is InChI=1S/C19H15ClFN3O2/c1-25-17-7-11-12(8-18(17)26-2)16(23-19-13(11)9-22-24-19)6-10-3-4-15(21)14(20)5-10/h3-5,7-9H,6H2,1-2H3,(H,22,23,24). The highest BCUT2D eigenvalue weighted by Crippen LogP contribution is 2.36. The minimum absolute atomic E-state index is 0.0914. The van der Waals surface area contributed by atoms with Crippen molar-refractivity contribution in [1.82, 2.24) is 15.2 Å². The van der Waals surface area contributed by atoms with Crippen LogP contribution in [0.3, 0.4) is 0 Å². The molecule has 0 atom stereocenters. The van der Waals surface area contributed by atoms with Crippen molar-refractivity contribution in [3.8, 4) is 11.5 Å². The van der Waals surface area contributed by atoms with Crippen LogP contribution >= 0.6 is 11.6 Å². The first kappa shape index (κ1) is 16.6. The molecule has 7 heteroatoms. The van der Waals surface area contributed by atoms with Gasteiger partial charge in [-0.15, -0.1) is 0 Å². The number of hydrogen-bond donors (Lipinski definition) is 1. The molecule has 0 saturated carbocycles. The van der Waals surface area contributed by atoms with Gasteiger partial charge in [-0.3, -0.25) is 5.10 Å². The lowest BCUT2D eigenvalue weighted by Gasteiger charge is -2.12. The summed E-state index contributed by atoms with van der Waals surface area (Å²) in [5, 5.41) is 9.84. The van der Waals surface area contributed by atoms with Crippen molar-refractivity contribution in [2.75, 3.05) is 14.2 Å². The highest BCUT2D eigenvalue weighted by atomic mass is 35.5. The number of fused-ring (bicyclic) bond motifs is 3. The number of halogens is 2. The first-order chi connectivity index (χ1) is 12.6. The number of benzene rings is 2. The van der Waals surface area contributed by atoms with Crippen LogP contribution in [-0.4, -0.2) is 29.4 Å². The number of aromatic nitrogens is 3. The van der Waals surface area contributed by atoms with E-state index in [2.05, 4.69) is 10.2 Å². The highest BCUT2D eigenvalue weighted by molar-refractivity contribution is 6.30. The van der Waals surface area contributed by atoms with Gasteiger partial charge in [0.1, 0.15) is 5.82 Å². The lowest BCUT2D eigenvalue weighted by molar-refractivity contribution is 0.356. The molecule has 0 radical (unpaired) electrons. The molecule has 4 rings (SSSR count). The molecule has 132 valence electrons. The zero-order valence-electron chi connectivity index (χ0n) is 14.1. The van der Waals surface area contributed by atoms with Crippen LogP contribution < -0.4 is 9.47 Å². The second-order valence-electron chi connectivity index (χ2n) is 5.87. The predicted octanol–water partition coefficient (Wildman–Crippen LogP) is 4.51. The lowest BCUT2D eigenvalue weighted by atomic mass is 10.0. The molecule has 26 heavy (non-hydrogen) atoms. The van der Waals surface area contributed by atoms with Gasteiger partial charge in [0.05, 0.1) is 31.1 Å². The fourth-order valence-corrected chi connectivity index (χ4v) is 3.28. The molecule has 5 nitrogen and oxygen atoms in total. The molecule has 0 saturated heterocycles. The fourth-order valence-electron chi connectivity index (χ4n) is 3.08. The van der Waals surface area contributed by atoms with Gasteiger partial charge in [0.15, 0.2) is 17.1 Å². The third kappa shape index (κ3) is 2.72. The summed E-state index contributed by atoms with van der Waals surface area (Å²) in [5.41, 5.74) is 2.34. The molecule has 0 amide bonds. The molecule has 0 fully saturated rings. The van der Waals surface area contributed by atoms with E-state index >= 15 is 0 Å². The van der Waals surface area contributed by atoms with E-state index in [1.165, 1.54) is 6.07 Å². The quantitative estimate of drug-likeness (QED) is 0.573. The van der Waals surface area contributed by atoms with Crippen molar-refractivity contribution >= 4 is 33.4 Å². The molecular formula is C19H15ClFN3O2. The molecule has 1 N–H and O–H groups in total. The zero-order valence-corrected chi connectivity index (χ0v) is 14.9. The molecule has 0 aliphatic heterocycles. The number of methoxy groups -OCH3 is 2. The Morgan fingerprint density at radius 2 is 1.77 bits per heavy atom. The van der Waals surface area contributed by atoms with Crippen molar-refractivity contribution in [1.29, 1.82) is 0 Å². The summed E-state index contributed by atoms with van der Waals surface area (Å²) in [7, 11) is 3.19. The van der Waals surface area contributed by atoms with Gasteiger partial charge in [0.25, 0.3) is 0 Å². The Bertz CT molecular complexity index is 1130. The number of aromatic amines is 1. The molecule has 4 aromatic rings. The number of nitrogens with zero attached hydrogens (tertiary/aromatic N) is 2. The van der Waals surface area contributed by atoms with E-state index in [4.69, 9.17) is 26.1 Å². The lowest BCUT2D eigenvalue weighted by Crippen LogP contribution is -1.98. The summed E-state index contributed by atoms with van der Waals surface area (Å²) in [6.07, 6.45) is 2.22. The average molecular weight is 372 g/mol. The third-order valence-corrected chi connectivity index (χ3v) is 4.64. The Hall–Kier alpha value is -2.86. The topological polar surface area (TPSA) is 60.0 Å². The van der Waals surface area contributed by atoms with Crippen molar-refractivity contribution in [3.63, 3.8) is 0 Å². The zero-order chi connectivity index (χ0) is 18.3. The number of pyridine rings is 1. The van der Waals surface area contributed by atoms with Crippen LogP contribution in [0.2, 0.25) is 5.02 Å². The molecule has 0 bridgehead atoms. The number of nitrogens with one attached hydrogen (secondary N) is 1. The first-order valence-electron chi connectivity index (χ1n) is 7.92. The summed E-state index contributed by atoms with van der Waals surface area (Å²) < 4.78 is 24.3. The summed E-state index contributed by atoms with van der Waals surface area (Å²) >= 11 is 5.92. The van der Waals surface area contributed by atoms with Crippen LogP contribution in [0.25, 0.3) is 21.8 Å². The summed E-state index contributed by atoms with van der Waals surface area (Å²) in [6.45, 7) is 0. The molecule has 2 heterocycles. The summed E-state index contributed by atoms with van der Waals surface area (Å²) in [6, 6.07) is 8.48. The summed E-state index contributed by atoms with van der Waals surface area (Å²) in [4.78, 5) is 4.69. The Kier molecular flexibility index (Phi) is 4.12. The van der Waals surface area contributed by atoms with E-state index < -0.39 is 5.82 Å². The van der Waals surface area contributed by atoms with E-state index in [-0.39, 0.29) is 5.02 Å². The van der Waals surface area contributed by atoms with E-state index in [0.29, 0.717) is 23.6 Å². The molecular weight excluding hydrogens is 357 g/mol. The van der Waals surface area contributed by atoms with E-state index in [1.54, 1.807) is 32.5 Å². The van der Waals surface area contributed by atoms with Gasteiger partial charge >= 0.3 is 0 Å². The molecule has 0 aliphatic rings. The molecule has 2 aromatic heterocycles. The predicted molar refractivity (Wildman–Crippen MR) is 98.7 cm³/mol. The smallest absolute Gasteiger partial charge is 0.161 e. The number of H-pyrrole nitrogens is 1. The normalized spacial score (nSPS) is 11.2. The number of rotatable bonds is 4. The van der Waals surface area contributed by atoms with E-state index in [1.807, 2.05) is 12.1 Å². The third-order valence-electron chi connectivity index (χ3n) is 4.35. The van der Waals surface area contributed by atoms with Crippen molar-refractivity contribution < 1.29 is 13.9 Å². The van der Waals surface area contributed by atoms with Crippen molar-refractivity contribution in [3.05, 3.63) is 58.6 Å². The van der Waals surface area contributed by atoms with Crippen LogP contribution in [0.4, 0.5) is 4.39 Å². The van der Waals surface area contributed by atoms with Gasteiger partial charge in [0, 0.05) is 22.6 Å². The van der Waals surface area contributed by atoms with Gasteiger partial charge in [-0.05, 0) is 29.8 Å². The molecule has 0 spiro atoms. The second kappa shape index (κ2) is 6.46. The molecule has 2 aromatic carbocycles. The van der Waals surface area contributed by atoms with Gasteiger partial charge in [-0.1, -0.05) is 17.7 Å². The SMILES string of the molecule is COc1cc2c(Cc3ccc(F)c(Cl)c3)nc3[nH]ncc3c2cc1OC. The summed E-state index contributed by atoms with van der Waals surface area (Å²) in [5.74, 6) is 0.802. The maximum Gasteiger partial charge on any atom is 0.161 e. The Morgan fingerprint density at radius 3 is 2.46 bits per heavy atom. The Balaban J connectivity index is 1.95. The van der Waals surface area contributed by atoms with Crippen LogP contribution in [0.5, 0.6) is 11.5 Å². The highest BCUT2D eigenvalue weighted by Gasteiger charge is 2.15. The van der Waals surface area contributed by atoms with Crippen molar-refractivity contribution in [2.24, 2.45) is 0 Å². The monoisotopic (exact) mass is 371 g/mol. The van der Waals surface area contributed by atoms with Gasteiger partial charge < -0.3 is 9.47 Å². The fraction of sp³-hybridized carbons (Fsp3) is 0.158. The first-order valence-corrected chi connectivity index (χ1v) is 8.30. The maximum absolute atomic E-state index is 13.4. The molecule has 0 aliphatic carbocycles. The van der Waals surface area contributed by atoms with Crippen LogP contribution in [0, 0.1) is 5.82 Å². The Labute approximate surface area is 153 Å². The van der Waals surface area contributed by atoms with Gasteiger partial charge in [-0.2, -0.15) is 5.10 Å². The number of hydrogen-bond acceptors (Lipinski definition) is 4. The molecule has 0 unspecified atom stereocenters. The van der Waals surface area contributed by atoms with E-state index in [0.717, 1.165) is 27.4 Å². The minimum atomic E-state index is -0.441. The Morgan fingerprint density at radius 1 is 1.04 bits per heavy atom. The van der Waals surface area contributed by atoms with Crippen LogP contribution in [0.1, 0.15) is 11.3 Å². The number of ether oxygens (including phenoxy) is 2. The van der Waals surface area contributed by atoms with Crippen molar-refractivity contribution in [2.45, 2.75) is 6.42 Å². The van der Waals surface area contributed by atoms with Gasteiger partial charge in [0.2, 0.25) is 0 Å².